The van der Waals surface area contributed by atoms with Crippen LogP contribution in [0.15, 0.2) is 48.7 Å². The Morgan fingerprint density at radius 3 is 2.62 bits per heavy atom. The maximum atomic E-state index is 11.5. The Hall–Kier alpha value is -2.59. The van der Waals surface area contributed by atoms with E-state index in [0.717, 1.165) is 5.56 Å². The first-order valence-corrected chi connectivity index (χ1v) is 6.67. The number of carboxylic acids is 1. The van der Waals surface area contributed by atoms with Crippen LogP contribution in [0.25, 0.3) is 17.8 Å². The summed E-state index contributed by atoms with van der Waals surface area (Å²) in [5, 5.41) is 9.86. The van der Waals surface area contributed by atoms with E-state index in [9.17, 15) is 9.90 Å². The smallest absolute Gasteiger partial charge is 0.355 e. The number of aromatic carboxylic acids is 1. The highest BCUT2D eigenvalue weighted by Crippen LogP contribution is 2.18. The highest BCUT2D eigenvalue weighted by molar-refractivity contribution is 6.30. The van der Waals surface area contributed by atoms with Crippen molar-refractivity contribution in [1.29, 1.82) is 0 Å². The van der Waals surface area contributed by atoms with Gasteiger partial charge in [0, 0.05) is 6.20 Å². The first kappa shape index (κ1) is 13.4. The number of benzene rings is 1. The van der Waals surface area contributed by atoms with Gasteiger partial charge in [-0.15, -0.1) is 0 Å². The molecule has 4 nitrogen and oxygen atoms in total. The molecular weight excluding hydrogens is 288 g/mol. The monoisotopic (exact) mass is 298 g/mol. The van der Waals surface area contributed by atoms with Crippen molar-refractivity contribution in [1.82, 2.24) is 9.38 Å². The SMILES string of the molecule is O=C(O)c1c(/C=C/c2ccccc2)nc2ccc(Cl)cn12. The molecule has 0 fully saturated rings. The number of fused-ring (bicyclic) bond motifs is 1. The molecular formula is C16H11ClN2O2. The van der Waals surface area contributed by atoms with Crippen molar-refractivity contribution < 1.29 is 9.90 Å². The van der Waals surface area contributed by atoms with E-state index in [1.807, 2.05) is 36.4 Å². The largest absolute Gasteiger partial charge is 0.476 e. The van der Waals surface area contributed by atoms with Crippen LogP contribution in [0.5, 0.6) is 0 Å². The van der Waals surface area contributed by atoms with E-state index < -0.39 is 5.97 Å². The van der Waals surface area contributed by atoms with E-state index in [0.29, 0.717) is 16.4 Å². The number of halogens is 1. The second-order valence-electron chi connectivity index (χ2n) is 4.47. The van der Waals surface area contributed by atoms with Gasteiger partial charge >= 0.3 is 5.97 Å². The standard InChI is InChI=1S/C16H11ClN2O2/c17-12-7-9-14-18-13(15(16(20)21)19(14)10-12)8-6-11-4-2-1-3-5-11/h1-10H,(H,20,21)/b8-6+. The number of carboxylic acid groups (broad SMARTS) is 1. The third kappa shape index (κ3) is 2.66. The molecule has 0 saturated carbocycles. The molecule has 0 aliphatic carbocycles. The number of rotatable bonds is 3. The fourth-order valence-corrected chi connectivity index (χ4v) is 2.27. The topological polar surface area (TPSA) is 54.6 Å². The van der Waals surface area contributed by atoms with E-state index in [-0.39, 0.29) is 5.69 Å². The van der Waals surface area contributed by atoms with E-state index in [1.54, 1.807) is 24.4 Å². The van der Waals surface area contributed by atoms with E-state index in [2.05, 4.69) is 4.98 Å². The van der Waals surface area contributed by atoms with Gasteiger partial charge in [-0.3, -0.25) is 4.40 Å². The molecule has 0 amide bonds. The van der Waals surface area contributed by atoms with Crippen LogP contribution in [0.2, 0.25) is 5.02 Å². The first-order valence-electron chi connectivity index (χ1n) is 6.29. The van der Waals surface area contributed by atoms with Crippen LogP contribution < -0.4 is 0 Å². The van der Waals surface area contributed by atoms with Crippen LogP contribution in [-0.2, 0) is 0 Å². The van der Waals surface area contributed by atoms with Gasteiger partial charge in [0.15, 0.2) is 5.69 Å². The fourth-order valence-electron chi connectivity index (χ4n) is 2.11. The lowest BCUT2D eigenvalue weighted by atomic mass is 10.2. The van der Waals surface area contributed by atoms with Gasteiger partial charge in [-0.1, -0.05) is 48.0 Å². The van der Waals surface area contributed by atoms with Crippen molar-refractivity contribution in [3.05, 3.63) is 70.6 Å². The summed E-state index contributed by atoms with van der Waals surface area (Å²) in [5.41, 5.74) is 2.02. The van der Waals surface area contributed by atoms with Crippen LogP contribution in [0.3, 0.4) is 0 Å². The molecule has 0 spiro atoms. The van der Waals surface area contributed by atoms with Crippen molar-refractivity contribution in [2.45, 2.75) is 0 Å². The highest BCUT2D eigenvalue weighted by Gasteiger charge is 2.16. The fraction of sp³-hybridized carbons (Fsp3) is 0. The molecule has 0 bridgehead atoms. The number of pyridine rings is 1. The Balaban J connectivity index is 2.12. The van der Waals surface area contributed by atoms with Crippen LogP contribution in [-0.4, -0.2) is 20.5 Å². The minimum absolute atomic E-state index is 0.0969. The predicted molar refractivity (Wildman–Crippen MR) is 82.5 cm³/mol. The molecule has 0 aliphatic heterocycles. The van der Waals surface area contributed by atoms with E-state index >= 15 is 0 Å². The maximum absolute atomic E-state index is 11.5. The molecule has 0 atom stereocenters. The lowest BCUT2D eigenvalue weighted by molar-refractivity contribution is 0.0689. The van der Waals surface area contributed by atoms with Crippen LogP contribution in [0, 0.1) is 0 Å². The van der Waals surface area contributed by atoms with Gasteiger partial charge in [-0.25, -0.2) is 9.78 Å². The summed E-state index contributed by atoms with van der Waals surface area (Å²) in [6.07, 6.45) is 5.07. The number of nitrogens with zero attached hydrogens (tertiary/aromatic N) is 2. The predicted octanol–water partition coefficient (Wildman–Crippen LogP) is 3.86. The summed E-state index contributed by atoms with van der Waals surface area (Å²) >= 11 is 5.92. The summed E-state index contributed by atoms with van der Waals surface area (Å²) in [6, 6.07) is 13.0. The number of imidazole rings is 1. The van der Waals surface area contributed by atoms with Gasteiger partial charge in [0.25, 0.3) is 0 Å². The third-order valence-corrected chi connectivity index (χ3v) is 3.27. The zero-order valence-corrected chi connectivity index (χ0v) is 11.7. The van der Waals surface area contributed by atoms with Gasteiger partial charge in [0.05, 0.1) is 10.7 Å². The Morgan fingerprint density at radius 1 is 1.14 bits per heavy atom. The summed E-state index contributed by atoms with van der Waals surface area (Å²) in [7, 11) is 0. The van der Waals surface area contributed by atoms with Crippen molar-refractivity contribution in [3.8, 4) is 0 Å². The number of aromatic nitrogens is 2. The molecule has 5 heteroatoms. The summed E-state index contributed by atoms with van der Waals surface area (Å²) in [5.74, 6) is -1.04. The molecule has 21 heavy (non-hydrogen) atoms. The Bertz CT molecular complexity index is 838. The average Bonchev–Trinajstić information content (AvgIpc) is 2.84. The van der Waals surface area contributed by atoms with Crippen molar-refractivity contribution >= 4 is 35.4 Å². The lowest BCUT2D eigenvalue weighted by Crippen LogP contribution is -2.03. The molecule has 0 saturated heterocycles. The molecule has 104 valence electrons. The van der Waals surface area contributed by atoms with Gasteiger partial charge in [-0.2, -0.15) is 0 Å². The quantitative estimate of drug-likeness (QED) is 0.799. The molecule has 1 N–H and O–H groups in total. The molecule has 1 aromatic carbocycles. The minimum Gasteiger partial charge on any atom is -0.476 e. The van der Waals surface area contributed by atoms with Gasteiger partial charge < -0.3 is 5.11 Å². The Labute approximate surface area is 125 Å². The van der Waals surface area contributed by atoms with Crippen LogP contribution in [0.1, 0.15) is 21.7 Å². The maximum Gasteiger partial charge on any atom is 0.355 e. The van der Waals surface area contributed by atoms with Crippen LogP contribution in [0.4, 0.5) is 0 Å². The molecule has 2 aromatic heterocycles. The van der Waals surface area contributed by atoms with Gasteiger partial charge in [0.2, 0.25) is 0 Å². The van der Waals surface area contributed by atoms with Crippen molar-refractivity contribution in [2.75, 3.05) is 0 Å². The molecule has 3 rings (SSSR count). The second kappa shape index (κ2) is 5.42. The average molecular weight is 299 g/mol. The molecule has 0 unspecified atom stereocenters. The third-order valence-electron chi connectivity index (χ3n) is 3.05. The normalized spacial score (nSPS) is 11.3. The minimum atomic E-state index is -1.04. The highest BCUT2D eigenvalue weighted by atomic mass is 35.5. The van der Waals surface area contributed by atoms with E-state index in [4.69, 9.17) is 11.6 Å². The molecule has 0 aliphatic rings. The molecule has 2 heterocycles. The van der Waals surface area contributed by atoms with Crippen molar-refractivity contribution in [3.63, 3.8) is 0 Å². The summed E-state index contributed by atoms with van der Waals surface area (Å²) in [6.45, 7) is 0. The number of carbonyl (C=O) groups is 1. The lowest BCUT2D eigenvalue weighted by Gasteiger charge is -1.98. The van der Waals surface area contributed by atoms with Gasteiger partial charge in [0.1, 0.15) is 5.65 Å². The molecule has 0 radical (unpaired) electrons. The first-order chi connectivity index (χ1) is 10.1. The summed E-state index contributed by atoms with van der Waals surface area (Å²) in [4.78, 5) is 15.8. The zero-order valence-electron chi connectivity index (χ0n) is 10.9. The zero-order chi connectivity index (χ0) is 14.8. The Kier molecular flexibility index (Phi) is 3.46. The Morgan fingerprint density at radius 2 is 1.90 bits per heavy atom. The van der Waals surface area contributed by atoms with E-state index in [1.165, 1.54) is 4.40 Å². The van der Waals surface area contributed by atoms with Gasteiger partial charge in [-0.05, 0) is 23.8 Å². The number of hydrogen-bond acceptors (Lipinski definition) is 2. The molecule has 3 aromatic rings. The second-order valence-corrected chi connectivity index (χ2v) is 4.91. The van der Waals surface area contributed by atoms with Crippen LogP contribution >= 0.6 is 11.6 Å². The summed E-state index contributed by atoms with van der Waals surface area (Å²) < 4.78 is 1.48. The van der Waals surface area contributed by atoms with Crippen molar-refractivity contribution in [2.24, 2.45) is 0 Å². The number of hydrogen-bond donors (Lipinski definition) is 1.